The van der Waals surface area contributed by atoms with Gasteiger partial charge in [0.15, 0.2) is 0 Å². The lowest BCUT2D eigenvalue weighted by atomic mass is 9.89. The molecule has 1 aliphatic rings. The fraction of sp³-hybridized carbons (Fsp3) is 0.222. The van der Waals surface area contributed by atoms with E-state index in [0.29, 0.717) is 18.7 Å². The lowest BCUT2D eigenvalue weighted by molar-refractivity contribution is -0.129. The van der Waals surface area contributed by atoms with E-state index in [0.717, 1.165) is 23.8 Å². The van der Waals surface area contributed by atoms with E-state index in [1.165, 1.54) is 11.9 Å². The highest BCUT2D eigenvalue weighted by atomic mass is 19.1. The average molecular weight is 314 g/mol. The maximum atomic E-state index is 14.1. The third-order valence-corrected chi connectivity index (χ3v) is 3.95. The average Bonchev–Trinajstić information content (AvgIpc) is 2.57. The molecule has 0 fully saturated rings. The second-order valence-electron chi connectivity index (χ2n) is 5.58. The Bertz CT molecular complexity index is 759. The van der Waals surface area contributed by atoms with Crippen LogP contribution in [0.3, 0.4) is 0 Å². The maximum Gasteiger partial charge on any atom is 0.239 e. The largest absolute Gasteiger partial charge is 0.273 e. The number of rotatable bonds is 2. The normalized spacial score (nSPS) is 17.8. The Labute approximate surface area is 133 Å². The van der Waals surface area contributed by atoms with E-state index in [-0.39, 0.29) is 17.4 Å². The molecule has 0 aromatic heterocycles. The van der Waals surface area contributed by atoms with Crippen LogP contribution in [0.2, 0.25) is 0 Å². The number of hydrogen-bond donors (Lipinski definition) is 0. The molecule has 0 radical (unpaired) electrons. The lowest BCUT2D eigenvalue weighted by Crippen LogP contribution is -2.35. The van der Waals surface area contributed by atoms with Gasteiger partial charge in [-0.05, 0) is 23.8 Å². The minimum absolute atomic E-state index is 0.00438. The van der Waals surface area contributed by atoms with Crippen LogP contribution in [0.15, 0.2) is 53.6 Å². The number of carbonyl (C=O) groups excluding carboxylic acids is 1. The fourth-order valence-corrected chi connectivity index (χ4v) is 2.76. The number of halogens is 2. The molecule has 0 N–H and O–H groups in total. The monoisotopic (exact) mass is 314 g/mol. The summed E-state index contributed by atoms with van der Waals surface area (Å²) in [6.07, 6.45) is 0.453. The maximum absolute atomic E-state index is 14.1. The number of benzene rings is 2. The van der Waals surface area contributed by atoms with Gasteiger partial charge in [0.1, 0.15) is 11.6 Å². The van der Waals surface area contributed by atoms with Gasteiger partial charge in [0, 0.05) is 24.8 Å². The predicted molar refractivity (Wildman–Crippen MR) is 84.1 cm³/mol. The van der Waals surface area contributed by atoms with Gasteiger partial charge in [-0.25, -0.2) is 13.8 Å². The van der Waals surface area contributed by atoms with Crippen molar-refractivity contribution in [3.63, 3.8) is 0 Å². The van der Waals surface area contributed by atoms with Crippen molar-refractivity contribution >= 4 is 11.6 Å². The summed E-state index contributed by atoms with van der Waals surface area (Å²) in [7, 11) is 0. The van der Waals surface area contributed by atoms with Crippen molar-refractivity contribution in [2.45, 2.75) is 19.3 Å². The molecule has 0 aliphatic carbocycles. The zero-order chi connectivity index (χ0) is 16.4. The first-order valence-corrected chi connectivity index (χ1v) is 7.40. The van der Waals surface area contributed by atoms with Gasteiger partial charge in [0.2, 0.25) is 5.91 Å². The summed E-state index contributed by atoms with van der Waals surface area (Å²) < 4.78 is 27.5. The Kier molecular flexibility index (Phi) is 4.19. The number of carbonyl (C=O) groups is 1. The van der Waals surface area contributed by atoms with Gasteiger partial charge in [-0.1, -0.05) is 30.3 Å². The van der Waals surface area contributed by atoms with Crippen LogP contribution in [0.4, 0.5) is 8.78 Å². The molecular weight excluding hydrogens is 298 g/mol. The highest BCUT2D eigenvalue weighted by Crippen LogP contribution is 2.28. The van der Waals surface area contributed by atoms with Crippen LogP contribution in [0.1, 0.15) is 30.4 Å². The predicted octanol–water partition coefficient (Wildman–Crippen LogP) is 3.70. The minimum atomic E-state index is -0.539. The third kappa shape index (κ3) is 3.28. The fourth-order valence-electron chi connectivity index (χ4n) is 2.76. The Balaban J connectivity index is 2.01. The van der Waals surface area contributed by atoms with E-state index in [2.05, 4.69) is 5.10 Å². The summed E-state index contributed by atoms with van der Waals surface area (Å²) in [4.78, 5) is 11.8. The molecule has 0 bridgehead atoms. The molecule has 23 heavy (non-hydrogen) atoms. The van der Waals surface area contributed by atoms with E-state index in [9.17, 15) is 13.6 Å². The van der Waals surface area contributed by atoms with Gasteiger partial charge < -0.3 is 0 Å². The van der Waals surface area contributed by atoms with Crippen LogP contribution in [0.25, 0.3) is 0 Å². The Hall–Kier alpha value is -2.56. The van der Waals surface area contributed by atoms with Gasteiger partial charge >= 0.3 is 0 Å². The first-order chi connectivity index (χ1) is 11.0. The van der Waals surface area contributed by atoms with Crippen LogP contribution in [0.5, 0.6) is 0 Å². The van der Waals surface area contributed by atoms with Crippen molar-refractivity contribution in [2.75, 3.05) is 6.54 Å². The quantitative estimate of drug-likeness (QED) is 0.832. The van der Waals surface area contributed by atoms with Gasteiger partial charge in [-0.15, -0.1) is 0 Å². The second kappa shape index (κ2) is 6.28. The Morgan fingerprint density at radius 1 is 1.17 bits per heavy atom. The Morgan fingerprint density at radius 3 is 2.61 bits per heavy atom. The molecular formula is C18H16F2N2O. The van der Waals surface area contributed by atoms with Gasteiger partial charge in [-0.2, -0.15) is 5.10 Å². The molecule has 2 aromatic rings. The minimum Gasteiger partial charge on any atom is -0.273 e. The van der Waals surface area contributed by atoms with Gasteiger partial charge in [0.25, 0.3) is 0 Å². The molecule has 0 unspecified atom stereocenters. The smallest absolute Gasteiger partial charge is 0.239 e. The first kappa shape index (κ1) is 15.3. The van der Waals surface area contributed by atoms with Crippen molar-refractivity contribution in [1.82, 2.24) is 5.01 Å². The summed E-state index contributed by atoms with van der Waals surface area (Å²) in [6, 6.07) is 13.0. The number of nitrogens with zero attached hydrogens (tertiary/aromatic N) is 2. The molecule has 2 aromatic carbocycles. The topological polar surface area (TPSA) is 32.7 Å². The number of hydrogen-bond acceptors (Lipinski definition) is 2. The van der Waals surface area contributed by atoms with Crippen molar-refractivity contribution in [3.8, 4) is 0 Å². The summed E-state index contributed by atoms with van der Waals surface area (Å²) in [5.74, 6) is -1.29. The first-order valence-electron chi connectivity index (χ1n) is 7.40. The summed E-state index contributed by atoms with van der Waals surface area (Å²) in [5, 5.41) is 5.54. The standard InChI is InChI=1S/C18H16F2N2O/c1-12(23)22-11-14(13-5-3-2-4-6-13)9-18(21-22)16-10-15(19)7-8-17(16)20/h2-8,10,14H,9,11H2,1H3/t14-/m1/s1. The van der Waals surface area contributed by atoms with E-state index in [4.69, 9.17) is 0 Å². The van der Waals surface area contributed by atoms with E-state index < -0.39 is 11.6 Å². The SMILES string of the molecule is CC(=O)N1C[C@H](c2ccccc2)CC(c2cc(F)ccc2F)=N1. The van der Waals surface area contributed by atoms with Crippen molar-refractivity contribution in [3.05, 3.63) is 71.3 Å². The van der Waals surface area contributed by atoms with Crippen LogP contribution >= 0.6 is 0 Å². The molecule has 0 saturated heterocycles. The summed E-state index contributed by atoms with van der Waals surface area (Å²) in [5.41, 5.74) is 1.54. The number of hydrazone groups is 1. The molecule has 118 valence electrons. The molecule has 3 rings (SSSR count). The van der Waals surface area contributed by atoms with E-state index in [1.54, 1.807) is 0 Å². The van der Waals surface area contributed by atoms with E-state index >= 15 is 0 Å². The van der Waals surface area contributed by atoms with Crippen LogP contribution in [-0.2, 0) is 4.79 Å². The highest BCUT2D eigenvalue weighted by molar-refractivity contribution is 6.02. The van der Waals surface area contributed by atoms with Crippen molar-refractivity contribution < 1.29 is 13.6 Å². The van der Waals surface area contributed by atoms with Crippen molar-refractivity contribution in [1.29, 1.82) is 0 Å². The second-order valence-corrected chi connectivity index (χ2v) is 5.58. The molecule has 3 nitrogen and oxygen atoms in total. The van der Waals surface area contributed by atoms with Crippen LogP contribution < -0.4 is 0 Å². The molecule has 0 spiro atoms. The summed E-state index contributed by atoms with van der Waals surface area (Å²) in [6.45, 7) is 1.84. The third-order valence-electron chi connectivity index (χ3n) is 3.95. The molecule has 1 heterocycles. The zero-order valence-corrected chi connectivity index (χ0v) is 12.7. The zero-order valence-electron chi connectivity index (χ0n) is 12.7. The molecule has 1 amide bonds. The van der Waals surface area contributed by atoms with Crippen molar-refractivity contribution in [2.24, 2.45) is 5.10 Å². The Morgan fingerprint density at radius 2 is 1.91 bits per heavy atom. The van der Waals surface area contributed by atoms with Crippen LogP contribution in [-0.4, -0.2) is 23.2 Å². The van der Waals surface area contributed by atoms with Gasteiger partial charge in [0.05, 0.1) is 12.3 Å². The van der Waals surface area contributed by atoms with E-state index in [1.807, 2.05) is 30.3 Å². The highest BCUT2D eigenvalue weighted by Gasteiger charge is 2.27. The number of amides is 1. The summed E-state index contributed by atoms with van der Waals surface area (Å²) >= 11 is 0. The van der Waals surface area contributed by atoms with Gasteiger partial charge in [-0.3, -0.25) is 4.79 Å². The molecule has 1 aliphatic heterocycles. The lowest BCUT2D eigenvalue weighted by Gasteiger charge is -2.30. The molecule has 1 atom stereocenters. The molecule has 0 saturated carbocycles. The molecule has 5 heteroatoms. The van der Waals surface area contributed by atoms with Crippen LogP contribution in [0, 0.1) is 11.6 Å².